The van der Waals surface area contributed by atoms with E-state index < -0.39 is 22.8 Å². The van der Waals surface area contributed by atoms with Gasteiger partial charge in [0, 0.05) is 12.4 Å². The van der Waals surface area contributed by atoms with Crippen molar-refractivity contribution < 1.29 is 19.4 Å². The lowest BCUT2D eigenvalue weighted by molar-refractivity contribution is 0.0691. The van der Waals surface area contributed by atoms with Crippen LogP contribution >= 0.6 is 0 Å². The van der Waals surface area contributed by atoms with Crippen molar-refractivity contribution in [3.8, 4) is 5.75 Å². The van der Waals surface area contributed by atoms with Crippen molar-refractivity contribution in [2.45, 2.75) is 6.42 Å². The largest absolute Gasteiger partial charge is 0.506 e. The predicted molar refractivity (Wildman–Crippen MR) is 87.0 cm³/mol. The zero-order valence-corrected chi connectivity index (χ0v) is 12.8. The molecule has 0 aliphatic rings. The highest BCUT2D eigenvalue weighted by Crippen LogP contribution is 2.27. The fraction of sp³-hybridized carbons (Fsp3) is 0.111. The lowest BCUT2D eigenvalue weighted by Crippen LogP contribution is -2.24. The average molecular weight is 327 g/mol. The third-order valence-corrected chi connectivity index (χ3v) is 3.97. The van der Waals surface area contributed by atoms with Crippen LogP contribution in [0.1, 0.15) is 21.5 Å². The number of pyridine rings is 1. The Morgan fingerprint density at radius 3 is 2.38 bits per heavy atom. The van der Waals surface area contributed by atoms with Gasteiger partial charge in [-0.2, -0.15) is 0 Å². The fourth-order valence-corrected chi connectivity index (χ4v) is 2.72. The van der Waals surface area contributed by atoms with Crippen molar-refractivity contribution in [2.75, 3.05) is 0 Å². The molecule has 0 aliphatic heterocycles. The van der Waals surface area contributed by atoms with Crippen LogP contribution in [0.15, 0.2) is 47.3 Å². The van der Waals surface area contributed by atoms with Gasteiger partial charge in [0.1, 0.15) is 11.6 Å². The van der Waals surface area contributed by atoms with Crippen LogP contribution in [0, 0.1) is 5.82 Å². The minimum Gasteiger partial charge on any atom is -0.506 e. The van der Waals surface area contributed by atoms with E-state index in [1.165, 1.54) is 23.7 Å². The maximum Gasteiger partial charge on any atom is 0.345 e. The Labute approximate surface area is 136 Å². The van der Waals surface area contributed by atoms with Crippen molar-refractivity contribution in [2.24, 2.45) is 7.05 Å². The fourth-order valence-electron chi connectivity index (χ4n) is 2.72. The van der Waals surface area contributed by atoms with Gasteiger partial charge in [-0.05, 0) is 41.8 Å². The molecule has 0 saturated heterocycles. The second kappa shape index (κ2) is 5.81. The quantitative estimate of drug-likeness (QED) is 0.775. The molecule has 0 fully saturated rings. The molecule has 3 rings (SSSR count). The van der Waals surface area contributed by atoms with Gasteiger partial charge in [0.2, 0.25) is 0 Å². The summed E-state index contributed by atoms with van der Waals surface area (Å²) in [4.78, 5) is 23.3. The number of aromatic hydroxyl groups is 1. The van der Waals surface area contributed by atoms with Crippen LogP contribution in [0.3, 0.4) is 0 Å². The molecule has 0 spiro atoms. The van der Waals surface area contributed by atoms with Gasteiger partial charge in [0.05, 0.1) is 5.52 Å². The number of nitrogens with zero attached hydrogens (tertiary/aromatic N) is 1. The van der Waals surface area contributed by atoms with Crippen LogP contribution in [0.25, 0.3) is 10.9 Å². The number of hydrogen-bond donors (Lipinski definition) is 2. The molecule has 24 heavy (non-hydrogen) atoms. The van der Waals surface area contributed by atoms with E-state index in [1.807, 2.05) is 0 Å². The van der Waals surface area contributed by atoms with E-state index in [4.69, 9.17) is 5.11 Å². The standard InChI is InChI=1S/C18H14FNO4/c1-20-14-7-4-11(8-10-2-5-12(19)6-3-10)9-13(14)16(21)15(17(20)22)18(23)24/h2-7,9,21H,8H2,1H3,(H,23,24). The smallest absolute Gasteiger partial charge is 0.345 e. The summed E-state index contributed by atoms with van der Waals surface area (Å²) in [7, 11) is 1.45. The predicted octanol–water partition coefficient (Wildman–Crippen LogP) is 2.67. The van der Waals surface area contributed by atoms with Gasteiger partial charge in [0.15, 0.2) is 5.56 Å². The van der Waals surface area contributed by atoms with E-state index in [0.29, 0.717) is 11.9 Å². The number of carbonyl (C=O) groups is 1. The number of aryl methyl sites for hydroxylation is 1. The number of hydrogen-bond acceptors (Lipinski definition) is 3. The number of rotatable bonds is 3. The molecule has 2 aromatic carbocycles. The lowest BCUT2D eigenvalue weighted by atomic mass is 10.0. The van der Waals surface area contributed by atoms with Gasteiger partial charge in [-0.3, -0.25) is 4.79 Å². The Kier molecular flexibility index (Phi) is 3.81. The SMILES string of the molecule is Cn1c(=O)c(C(=O)O)c(O)c2cc(Cc3ccc(F)cc3)ccc21. The first-order valence-corrected chi connectivity index (χ1v) is 7.21. The maximum absolute atomic E-state index is 13.0. The molecular formula is C18H14FNO4. The van der Waals surface area contributed by atoms with Crippen molar-refractivity contribution in [3.63, 3.8) is 0 Å². The Bertz CT molecular complexity index is 1010. The van der Waals surface area contributed by atoms with Crippen molar-refractivity contribution in [1.29, 1.82) is 0 Å². The molecule has 0 bridgehead atoms. The monoisotopic (exact) mass is 327 g/mol. The van der Waals surface area contributed by atoms with Gasteiger partial charge in [-0.15, -0.1) is 0 Å². The lowest BCUT2D eigenvalue weighted by Gasteiger charge is -2.11. The Balaban J connectivity index is 2.15. The number of benzene rings is 2. The number of halogens is 1. The maximum atomic E-state index is 13.0. The summed E-state index contributed by atoms with van der Waals surface area (Å²) in [5.74, 6) is -2.34. The molecular weight excluding hydrogens is 313 g/mol. The van der Waals surface area contributed by atoms with Gasteiger partial charge in [-0.25, -0.2) is 9.18 Å². The highest BCUT2D eigenvalue weighted by Gasteiger charge is 2.20. The molecule has 0 amide bonds. The minimum absolute atomic E-state index is 0.286. The Morgan fingerprint density at radius 1 is 1.12 bits per heavy atom. The van der Waals surface area contributed by atoms with E-state index in [-0.39, 0.29) is 11.2 Å². The molecule has 6 heteroatoms. The molecule has 3 aromatic rings. The van der Waals surface area contributed by atoms with Gasteiger partial charge < -0.3 is 14.8 Å². The van der Waals surface area contributed by atoms with E-state index in [0.717, 1.165) is 11.1 Å². The summed E-state index contributed by atoms with van der Waals surface area (Å²) in [6.07, 6.45) is 0.487. The molecule has 1 heterocycles. The average Bonchev–Trinajstić information content (AvgIpc) is 2.55. The normalized spacial score (nSPS) is 10.9. The minimum atomic E-state index is -1.47. The summed E-state index contributed by atoms with van der Waals surface area (Å²) in [5, 5.41) is 19.6. The zero-order chi connectivity index (χ0) is 17.4. The summed E-state index contributed by atoms with van der Waals surface area (Å²) >= 11 is 0. The molecule has 1 aromatic heterocycles. The van der Waals surface area contributed by atoms with E-state index >= 15 is 0 Å². The van der Waals surface area contributed by atoms with Crippen LogP contribution in [0.4, 0.5) is 4.39 Å². The van der Waals surface area contributed by atoms with Crippen molar-refractivity contribution >= 4 is 16.9 Å². The summed E-state index contributed by atoms with van der Waals surface area (Å²) in [6.45, 7) is 0. The molecule has 2 N–H and O–H groups in total. The highest BCUT2D eigenvalue weighted by atomic mass is 19.1. The molecule has 0 saturated carbocycles. The summed E-state index contributed by atoms with van der Waals surface area (Å²) in [6, 6.07) is 11.1. The van der Waals surface area contributed by atoms with Crippen LogP contribution in [0.5, 0.6) is 5.75 Å². The summed E-state index contributed by atoms with van der Waals surface area (Å²) in [5.41, 5.74) is 0.700. The molecule has 122 valence electrons. The van der Waals surface area contributed by atoms with Crippen LogP contribution in [0.2, 0.25) is 0 Å². The van der Waals surface area contributed by atoms with Crippen molar-refractivity contribution in [3.05, 3.63) is 75.3 Å². The van der Waals surface area contributed by atoms with Gasteiger partial charge >= 0.3 is 5.97 Å². The molecule has 0 radical (unpaired) electrons. The van der Waals surface area contributed by atoms with Gasteiger partial charge in [-0.1, -0.05) is 18.2 Å². The van der Waals surface area contributed by atoms with E-state index in [2.05, 4.69) is 0 Å². The number of aromatic carboxylic acids is 1. The van der Waals surface area contributed by atoms with Crippen LogP contribution in [-0.4, -0.2) is 20.7 Å². The van der Waals surface area contributed by atoms with E-state index in [9.17, 15) is 19.1 Å². The molecule has 0 unspecified atom stereocenters. The third-order valence-electron chi connectivity index (χ3n) is 3.97. The first-order valence-electron chi connectivity index (χ1n) is 7.21. The number of fused-ring (bicyclic) bond motifs is 1. The van der Waals surface area contributed by atoms with Crippen LogP contribution in [-0.2, 0) is 13.5 Å². The third kappa shape index (κ3) is 2.62. The first-order chi connectivity index (χ1) is 11.4. The zero-order valence-electron chi connectivity index (χ0n) is 12.8. The van der Waals surface area contributed by atoms with E-state index in [1.54, 1.807) is 30.3 Å². The molecule has 0 atom stereocenters. The summed E-state index contributed by atoms with van der Waals surface area (Å²) < 4.78 is 14.2. The number of carboxylic acid groups (broad SMARTS) is 1. The second-order valence-corrected chi connectivity index (χ2v) is 5.55. The Hall–Kier alpha value is -3.15. The molecule has 0 aliphatic carbocycles. The topological polar surface area (TPSA) is 79.5 Å². The van der Waals surface area contributed by atoms with Crippen LogP contribution < -0.4 is 5.56 Å². The first kappa shape index (κ1) is 15.7. The Morgan fingerprint density at radius 2 is 1.75 bits per heavy atom. The van der Waals surface area contributed by atoms with Crippen molar-refractivity contribution in [1.82, 2.24) is 4.57 Å². The number of carboxylic acids is 1. The second-order valence-electron chi connectivity index (χ2n) is 5.55. The molecule has 5 nitrogen and oxygen atoms in total. The number of aromatic nitrogens is 1. The van der Waals surface area contributed by atoms with Gasteiger partial charge in [0.25, 0.3) is 5.56 Å². The highest BCUT2D eigenvalue weighted by molar-refractivity contribution is 5.98.